The predicted octanol–water partition coefficient (Wildman–Crippen LogP) is 3.35. The molecule has 15 heavy (non-hydrogen) atoms. The van der Waals surface area contributed by atoms with Crippen LogP contribution in [0.3, 0.4) is 0 Å². The van der Waals surface area contributed by atoms with Crippen LogP contribution in [0.25, 0.3) is 0 Å². The van der Waals surface area contributed by atoms with E-state index in [1.165, 1.54) is 4.88 Å². The molecule has 2 heterocycles. The molecule has 0 aliphatic carbocycles. The number of rotatable bonds is 4. The molecule has 80 valence electrons. The first kappa shape index (κ1) is 10.5. The molecule has 2 aromatic heterocycles. The van der Waals surface area contributed by atoms with Gasteiger partial charge in [-0.3, -0.25) is 0 Å². The highest BCUT2D eigenvalue weighted by Crippen LogP contribution is 2.27. The van der Waals surface area contributed by atoms with Gasteiger partial charge in [-0.25, -0.2) is 0 Å². The van der Waals surface area contributed by atoms with Crippen molar-refractivity contribution in [1.29, 1.82) is 0 Å². The lowest BCUT2D eigenvalue weighted by molar-refractivity contribution is 0.437. The molecule has 0 radical (unpaired) electrons. The Morgan fingerprint density at radius 3 is 2.80 bits per heavy atom. The average Bonchev–Trinajstić information content (AvgIpc) is 2.85. The number of nitrogens with one attached hydrogen (secondary N) is 1. The van der Waals surface area contributed by atoms with Gasteiger partial charge >= 0.3 is 0 Å². The van der Waals surface area contributed by atoms with Crippen molar-refractivity contribution < 1.29 is 4.42 Å². The van der Waals surface area contributed by atoms with Crippen LogP contribution in [0.5, 0.6) is 0 Å². The highest BCUT2D eigenvalue weighted by atomic mass is 32.1. The third kappa shape index (κ3) is 2.30. The molecule has 0 bridgehead atoms. The van der Waals surface area contributed by atoms with E-state index in [1.54, 1.807) is 11.3 Å². The standard InChI is InChI=1S/C12H15NOS/c1-3-13-12(11-5-4-8-15-11)10-7-6-9(2)14-10/h4-8,12-13H,3H2,1-2H3. The maximum absolute atomic E-state index is 5.67. The van der Waals surface area contributed by atoms with E-state index in [9.17, 15) is 0 Å². The van der Waals surface area contributed by atoms with E-state index in [0.717, 1.165) is 18.1 Å². The van der Waals surface area contributed by atoms with Crippen LogP contribution in [0.15, 0.2) is 34.1 Å². The topological polar surface area (TPSA) is 25.2 Å². The predicted molar refractivity (Wildman–Crippen MR) is 63.3 cm³/mol. The van der Waals surface area contributed by atoms with Crippen molar-refractivity contribution >= 4 is 11.3 Å². The second-order valence-corrected chi connectivity index (χ2v) is 4.43. The molecule has 0 amide bonds. The van der Waals surface area contributed by atoms with Crippen molar-refractivity contribution in [2.75, 3.05) is 6.54 Å². The van der Waals surface area contributed by atoms with E-state index in [4.69, 9.17) is 4.42 Å². The summed E-state index contributed by atoms with van der Waals surface area (Å²) < 4.78 is 5.67. The molecule has 0 saturated heterocycles. The lowest BCUT2D eigenvalue weighted by Crippen LogP contribution is -2.20. The van der Waals surface area contributed by atoms with E-state index < -0.39 is 0 Å². The SMILES string of the molecule is CCNC(c1ccc(C)o1)c1cccs1. The molecule has 1 unspecified atom stereocenters. The van der Waals surface area contributed by atoms with Crippen molar-refractivity contribution in [2.45, 2.75) is 19.9 Å². The van der Waals surface area contributed by atoms with Gasteiger partial charge in [0, 0.05) is 4.88 Å². The molecule has 3 heteroatoms. The van der Waals surface area contributed by atoms with E-state index in [0.29, 0.717) is 0 Å². The van der Waals surface area contributed by atoms with Crippen molar-refractivity contribution in [1.82, 2.24) is 5.32 Å². The Morgan fingerprint density at radius 2 is 2.27 bits per heavy atom. The average molecular weight is 221 g/mol. The quantitative estimate of drug-likeness (QED) is 0.856. The maximum atomic E-state index is 5.67. The van der Waals surface area contributed by atoms with Gasteiger partial charge in [0.2, 0.25) is 0 Å². The Hall–Kier alpha value is -1.06. The summed E-state index contributed by atoms with van der Waals surface area (Å²) in [5.74, 6) is 1.96. The lowest BCUT2D eigenvalue weighted by atomic mass is 10.2. The van der Waals surface area contributed by atoms with Crippen LogP contribution >= 0.6 is 11.3 Å². The first-order valence-corrected chi connectivity index (χ1v) is 6.02. The van der Waals surface area contributed by atoms with Crippen molar-refractivity contribution in [3.05, 3.63) is 46.0 Å². The molecular formula is C12H15NOS. The summed E-state index contributed by atoms with van der Waals surface area (Å²) in [6.45, 7) is 5.01. The summed E-state index contributed by atoms with van der Waals surface area (Å²) >= 11 is 1.75. The number of aryl methyl sites for hydroxylation is 1. The molecule has 2 nitrogen and oxygen atoms in total. The number of thiophene rings is 1. The van der Waals surface area contributed by atoms with E-state index in [1.807, 2.05) is 19.1 Å². The zero-order valence-corrected chi connectivity index (χ0v) is 9.80. The second kappa shape index (κ2) is 4.64. The van der Waals surface area contributed by atoms with Gasteiger partial charge in [0.05, 0.1) is 0 Å². The molecule has 0 saturated carbocycles. The normalized spacial score (nSPS) is 12.9. The molecule has 2 aromatic rings. The Labute approximate surface area is 93.9 Å². The molecule has 0 aromatic carbocycles. The zero-order chi connectivity index (χ0) is 10.7. The Balaban J connectivity index is 2.27. The first-order chi connectivity index (χ1) is 7.31. The fourth-order valence-corrected chi connectivity index (χ4v) is 2.42. The maximum Gasteiger partial charge on any atom is 0.126 e. The van der Waals surface area contributed by atoms with E-state index in [2.05, 4.69) is 29.8 Å². The summed E-state index contributed by atoms with van der Waals surface area (Å²) in [4.78, 5) is 1.30. The molecule has 0 aliphatic heterocycles. The fourth-order valence-electron chi connectivity index (χ4n) is 1.61. The second-order valence-electron chi connectivity index (χ2n) is 3.45. The molecule has 2 rings (SSSR count). The van der Waals surface area contributed by atoms with Crippen molar-refractivity contribution in [2.24, 2.45) is 0 Å². The number of hydrogen-bond acceptors (Lipinski definition) is 3. The Kier molecular flexibility index (Phi) is 3.23. The monoisotopic (exact) mass is 221 g/mol. The highest BCUT2D eigenvalue weighted by molar-refractivity contribution is 7.10. The van der Waals surface area contributed by atoms with Gasteiger partial charge < -0.3 is 9.73 Å². The van der Waals surface area contributed by atoms with Gasteiger partial charge in [0.15, 0.2) is 0 Å². The van der Waals surface area contributed by atoms with Crippen molar-refractivity contribution in [3.8, 4) is 0 Å². The smallest absolute Gasteiger partial charge is 0.126 e. The Morgan fingerprint density at radius 1 is 1.40 bits per heavy atom. The minimum Gasteiger partial charge on any atom is -0.464 e. The fraction of sp³-hybridized carbons (Fsp3) is 0.333. The summed E-state index contributed by atoms with van der Waals surface area (Å²) in [6.07, 6.45) is 0. The number of furan rings is 1. The zero-order valence-electron chi connectivity index (χ0n) is 8.99. The van der Waals surface area contributed by atoms with Crippen LogP contribution < -0.4 is 5.32 Å². The molecule has 0 aliphatic rings. The van der Waals surface area contributed by atoms with Gasteiger partial charge in [-0.2, -0.15) is 0 Å². The van der Waals surface area contributed by atoms with Crippen LogP contribution in [0, 0.1) is 6.92 Å². The number of hydrogen-bond donors (Lipinski definition) is 1. The minimum atomic E-state index is 0.198. The summed E-state index contributed by atoms with van der Waals surface area (Å²) in [7, 11) is 0. The van der Waals surface area contributed by atoms with Crippen LogP contribution in [0.4, 0.5) is 0 Å². The van der Waals surface area contributed by atoms with Crippen LogP contribution in [-0.4, -0.2) is 6.54 Å². The van der Waals surface area contributed by atoms with Crippen molar-refractivity contribution in [3.63, 3.8) is 0 Å². The van der Waals surface area contributed by atoms with Gasteiger partial charge in [0.25, 0.3) is 0 Å². The third-order valence-corrected chi connectivity index (χ3v) is 3.22. The minimum absolute atomic E-state index is 0.198. The first-order valence-electron chi connectivity index (χ1n) is 5.14. The van der Waals surface area contributed by atoms with Gasteiger partial charge in [0.1, 0.15) is 17.6 Å². The summed E-state index contributed by atoms with van der Waals surface area (Å²) in [6, 6.07) is 8.45. The van der Waals surface area contributed by atoms with Gasteiger partial charge in [-0.15, -0.1) is 11.3 Å². The van der Waals surface area contributed by atoms with E-state index >= 15 is 0 Å². The third-order valence-electron chi connectivity index (χ3n) is 2.28. The van der Waals surface area contributed by atoms with Crippen LogP contribution in [-0.2, 0) is 0 Å². The molecular weight excluding hydrogens is 206 g/mol. The van der Waals surface area contributed by atoms with Gasteiger partial charge in [-0.1, -0.05) is 13.0 Å². The van der Waals surface area contributed by atoms with E-state index in [-0.39, 0.29) is 6.04 Å². The summed E-state index contributed by atoms with van der Waals surface area (Å²) in [5, 5.41) is 5.52. The van der Waals surface area contributed by atoms with Gasteiger partial charge in [-0.05, 0) is 37.0 Å². The highest BCUT2D eigenvalue weighted by Gasteiger charge is 2.16. The summed E-state index contributed by atoms with van der Waals surface area (Å²) in [5.41, 5.74) is 0. The molecule has 0 fully saturated rings. The largest absolute Gasteiger partial charge is 0.464 e. The molecule has 1 atom stereocenters. The lowest BCUT2D eigenvalue weighted by Gasteiger charge is -2.13. The molecule has 1 N–H and O–H groups in total. The van der Waals surface area contributed by atoms with Crippen LogP contribution in [0.2, 0.25) is 0 Å². The molecule has 0 spiro atoms. The Bertz CT molecular complexity index is 405. The van der Waals surface area contributed by atoms with Crippen LogP contribution in [0.1, 0.15) is 29.4 Å².